The van der Waals surface area contributed by atoms with Crippen LogP contribution in [0.5, 0.6) is 5.88 Å². The zero-order valence-electron chi connectivity index (χ0n) is 12.3. The molecule has 2 N–H and O–H groups in total. The average molecular weight is 293 g/mol. The highest BCUT2D eigenvalue weighted by Gasteiger charge is 2.33. The lowest BCUT2D eigenvalue weighted by molar-refractivity contribution is -0.130. The number of nitrogens with one attached hydrogen (secondary N) is 2. The molecule has 0 bridgehead atoms. The van der Waals surface area contributed by atoms with Crippen LogP contribution in [-0.4, -0.2) is 52.5 Å². The molecule has 1 saturated heterocycles. The summed E-state index contributed by atoms with van der Waals surface area (Å²) in [7, 11) is 1.48. The topological polar surface area (TPSA) is 96.5 Å². The summed E-state index contributed by atoms with van der Waals surface area (Å²) in [6.07, 6.45) is 3.39. The number of carbonyl (C=O) groups is 2. The summed E-state index contributed by atoms with van der Waals surface area (Å²) in [4.78, 5) is 33.6. The third kappa shape index (κ3) is 3.59. The van der Waals surface area contributed by atoms with E-state index in [0.717, 1.165) is 0 Å². The summed E-state index contributed by atoms with van der Waals surface area (Å²) in [6.45, 7) is 4.56. The molecule has 0 unspecified atom stereocenters. The van der Waals surface area contributed by atoms with Crippen molar-refractivity contribution in [3.8, 4) is 5.88 Å². The normalized spacial score (nSPS) is 18.0. The molecule has 8 nitrogen and oxygen atoms in total. The van der Waals surface area contributed by atoms with Crippen LogP contribution in [0.1, 0.15) is 20.3 Å². The van der Waals surface area contributed by atoms with Gasteiger partial charge < -0.3 is 15.0 Å². The molecule has 2 heterocycles. The van der Waals surface area contributed by atoms with Crippen LogP contribution in [0.25, 0.3) is 0 Å². The van der Waals surface area contributed by atoms with Crippen LogP contribution in [0.3, 0.4) is 0 Å². The number of hydrogen-bond acceptors (Lipinski definition) is 5. The van der Waals surface area contributed by atoms with E-state index in [-0.39, 0.29) is 11.9 Å². The second-order valence-electron chi connectivity index (χ2n) is 5.01. The number of carbonyl (C=O) groups excluding carboxylic acids is 2. The van der Waals surface area contributed by atoms with Crippen LogP contribution >= 0.6 is 0 Å². The van der Waals surface area contributed by atoms with Gasteiger partial charge in [-0.2, -0.15) is 0 Å². The van der Waals surface area contributed by atoms with E-state index in [4.69, 9.17) is 4.74 Å². The van der Waals surface area contributed by atoms with Gasteiger partial charge in [0.05, 0.1) is 19.5 Å². The summed E-state index contributed by atoms with van der Waals surface area (Å²) in [5.41, 5.74) is 0. The first-order valence-corrected chi connectivity index (χ1v) is 6.75. The number of anilines is 1. The molecule has 0 aliphatic carbocycles. The van der Waals surface area contributed by atoms with Gasteiger partial charge in [0.1, 0.15) is 6.04 Å². The third-order valence-corrected chi connectivity index (χ3v) is 3.25. The van der Waals surface area contributed by atoms with Crippen LogP contribution in [0.2, 0.25) is 0 Å². The second-order valence-corrected chi connectivity index (χ2v) is 5.01. The fraction of sp³-hybridized carbons (Fsp3) is 0.538. The number of aromatic nitrogens is 2. The fourth-order valence-corrected chi connectivity index (χ4v) is 2.15. The van der Waals surface area contributed by atoms with Crippen molar-refractivity contribution in [1.29, 1.82) is 0 Å². The quantitative estimate of drug-likeness (QED) is 0.848. The van der Waals surface area contributed by atoms with Crippen LogP contribution in [-0.2, 0) is 4.79 Å². The highest BCUT2D eigenvalue weighted by Crippen LogP contribution is 2.14. The van der Waals surface area contributed by atoms with Crippen molar-refractivity contribution in [2.24, 2.45) is 0 Å². The lowest BCUT2D eigenvalue weighted by Crippen LogP contribution is -2.44. The van der Waals surface area contributed by atoms with E-state index in [1.807, 2.05) is 13.8 Å². The van der Waals surface area contributed by atoms with Crippen molar-refractivity contribution in [2.45, 2.75) is 32.4 Å². The molecule has 114 valence electrons. The summed E-state index contributed by atoms with van der Waals surface area (Å²) in [5, 5.41) is 5.19. The Hall–Kier alpha value is -2.38. The van der Waals surface area contributed by atoms with Gasteiger partial charge in [-0.1, -0.05) is 0 Å². The smallest absolute Gasteiger partial charge is 0.321 e. The Morgan fingerprint density at radius 2 is 2.19 bits per heavy atom. The van der Waals surface area contributed by atoms with E-state index < -0.39 is 12.1 Å². The first kappa shape index (κ1) is 15.0. The first-order chi connectivity index (χ1) is 10.0. The molecule has 3 amide bonds. The number of urea groups is 1. The molecule has 0 spiro atoms. The van der Waals surface area contributed by atoms with Crippen molar-refractivity contribution < 1.29 is 14.3 Å². The van der Waals surface area contributed by atoms with Gasteiger partial charge in [-0.25, -0.2) is 14.8 Å². The molecule has 8 heteroatoms. The molecular weight excluding hydrogens is 274 g/mol. The Labute approximate surface area is 122 Å². The van der Waals surface area contributed by atoms with E-state index in [9.17, 15) is 9.59 Å². The third-order valence-electron chi connectivity index (χ3n) is 3.25. The number of methoxy groups -OCH3 is 1. The molecule has 1 aromatic heterocycles. The second kappa shape index (κ2) is 6.38. The van der Waals surface area contributed by atoms with Gasteiger partial charge in [0.2, 0.25) is 11.8 Å². The predicted octanol–water partition coefficient (Wildman–Crippen LogP) is 0.616. The molecule has 0 aromatic carbocycles. The Bertz CT molecular complexity index is 517. The first-order valence-electron chi connectivity index (χ1n) is 6.75. The van der Waals surface area contributed by atoms with Crippen molar-refractivity contribution in [3.63, 3.8) is 0 Å². The molecule has 21 heavy (non-hydrogen) atoms. The van der Waals surface area contributed by atoms with Gasteiger partial charge in [-0.15, -0.1) is 0 Å². The Kier molecular flexibility index (Phi) is 4.56. The average Bonchev–Trinajstić information content (AvgIpc) is 2.81. The molecule has 1 aliphatic heterocycles. The van der Waals surface area contributed by atoms with E-state index in [2.05, 4.69) is 20.6 Å². The Balaban J connectivity index is 1.88. The molecule has 2 rings (SSSR count). The van der Waals surface area contributed by atoms with Gasteiger partial charge >= 0.3 is 6.03 Å². The monoisotopic (exact) mass is 293 g/mol. The number of likely N-dealkylation sites (tertiary alicyclic amines) is 1. The molecule has 1 fully saturated rings. The molecule has 1 aliphatic rings. The van der Waals surface area contributed by atoms with E-state index in [0.29, 0.717) is 24.7 Å². The van der Waals surface area contributed by atoms with Crippen LogP contribution in [0.4, 0.5) is 10.6 Å². The van der Waals surface area contributed by atoms with E-state index in [1.54, 1.807) is 4.90 Å². The van der Waals surface area contributed by atoms with Gasteiger partial charge in [-0.3, -0.25) is 10.1 Å². The molecule has 1 atom stereocenters. The van der Waals surface area contributed by atoms with Crippen molar-refractivity contribution in [2.75, 3.05) is 19.0 Å². The minimum atomic E-state index is -0.487. The van der Waals surface area contributed by atoms with Gasteiger partial charge in [0.25, 0.3) is 0 Å². The minimum absolute atomic E-state index is 0.0547. The Morgan fingerprint density at radius 3 is 2.71 bits per heavy atom. The predicted molar refractivity (Wildman–Crippen MR) is 76.0 cm³/mol. The zero-order valence-corrected chi connectivity index (χ0v) is 12.3. The van der Waals surface area contributed by atoms with Crippen LogP contribution in [0, 0.1) is 0 Å². The Morgan fingerprint density at radius 1 is 1.43 bits per heavy atom. The number of ether oxygens (including phenoxy) is 1. The molecular formula is C13H19N5O3. The SMILES string of the molecule is COc1cnc(NC(=O)N[C@H]2CCN(C(C)C)C2=O)cn1. The lowest BCUT2D eigenvalue weighted by atomic mass is 10.2. The standard InChI is InChI=1S/C13H19N5O3/c1-8(2)18-5-4-9(12(18)19)16-13(20)17-10-6-15-11(21-3)7-14-10/h6-9H,4-5H2,1-3H3,(H2,14,16,17,20)/t9-/m0/s1. The van der Waals surface area contributed by atoms with Crippen molar-refractivity contribution in [3.05, 3.63) is 12.4 Å². The van der Waals surface area contributed by atoms with Crippen molar-refractivity contribution >= 4 is 17.8 Å². The zero-order chi connectivity index (χ0) is 15.4. The van der Waals surface area contributed by atoms with Gasteiger partial charge in [0, 0.05) is 12.6 Å². The number of nitrogens with zero attached hydrogens (tertiary/aromatic N) is 3. The van der Waals surface area contributed by atoms with Gasteiger partial charge in [0.15, 0.2) is 5.82 Å². The maximum atomic E-state index is 12.1. The number of rotatable bonds is 4. The fourth-order valence-electron chi connectivity index (χ4n) is 2.15. The summed E-state index contributed by atoms with van der Waals surface area (Å²) < 4.78 is 4.88. The lowest BCUT2D eigenvalue weighted by Gasteiger charge is -2.21. The van der Waals surface area contributed by atoms with Crippen LogP contribution in [0.15, 0.2) is 12.4 Å². The van der Waals surface area contributed by atoms with E-state index >= 15 is 0 Å². The van der Waals surface area contributed by atoms with E-state index in [1.165, 1.54) is 19.5 Å². The number of amides is 3. The summed E-state index contributed by atoms with van der Waals surface area (Å²) in [6, 6.07) is -0.822. The number of hydrogen-bond donors (Lipinski definition) is 2. The minimum Gasteiger partial charge on any atom is -0.480 e. The maximum Gasteiger partial charge on any atom is 0.321 e. The summed E-state index contributed by atoms with van der Waals surface area (Å²) >= 11 is 0. The highest BCUT2D eigenvalue weighted by atomic mass is 16.5. The molecule has 1 aromatic rings. The largest absolute Gasteiger partial charge is 0.480 e. The summed E-state index contributed by atoms with van der Waals surface area (Å²) in [5.74, 6) is 0.597. The van der Waals surface area contributed by atoms with Gasteiger partial charge in [-0.05, 0) is 20.3 Å². The highest BCUT2D eigenvalue weighted by molar-refractivity contribution is 5.93. The van der Waals surface area contributed by atoms with Crippen molar-refractivity contribution in [1.82, 2.24) is 20.2 Å². The van der Waals surface area contributed by atoms with Crippen LogP contribution < -0.4 is 15.4 Å². The maximum absolute atomic E-state index is 12.1. The molecule has 0 saturated carbocycles. The molecule has 0 radical (unpaired) electrons.